The Balaban J connectivity index is 2.10. The largest absolute Gasteiger partial charge is 0.345 e. The SMILES string of the molecule is CC(C)(C)S/N=C/CCC1CCN(C=O)C1. The van der Waals surface area contributed by atoms with E-state index in [1.807, 2.05) is 11.1 Å². The van der Waals surface area contributed by atoms with Gasteiger partial charge in [-0.1, -0.05) is 0 Å². The monoisotopic (exact) mass is 242 g/mol. The van der Waals surface area contributed by atoms with Gasteiger partial charge in [0.1, 0.15) is 0 Å². The van der Waals surface area contributed by atoms with E-state index in [1.54, 1.807) is 11.9 Å². The predicted octanol–water partition coefficient (Wildman–Crippen LogP) is 2.76. The van der Waals surface area contributed by atoms with Gasteiger partial charge in [-0.15, -0.1) is 0 Å². The van der Waals surface area contributed by atoms with Crippen molar-refractivity contribution in [2.75, 3.05) is 13.1 Å². The molecule has 1 fully saturated rings. The molecule has 1 rings (SSSR count). The summed E-state index contributed by atoms with van der Waals surface area (Å²) in [5.41, 5.74) is 0. The normalized spacial score (nSPS) is 21.9. The van der Waals surface area contributed by atoms with Crippen molar-refractivity contribution in [3.8, 4) is 0 Å². The van der Waals surface area contributed by atoms with Gasteiger partial charge in [-0.05, 0) is 57.9 Å². The molecule has 0 aromatic heterocycles. The highest BCUT2D eigenvalue weighted by Crippen LogP contribution is 2.24. The Morgan fingerprint density at radius 2 is 2.25 bits per heavy atom. The van der Waals surface area contributed by atoms with Crippen molar-refractivity contribution in [3.63, 3.8) is 0 Å². The van der Waals surface area contributed by atoms with Crippen LogP contribution in [0, 0.1) is 5.92 Å². The third-order valence-electron chi connectivity index (χ3n) is 2.57. The zero-order valence-corrected chi connectivity index (χ0v) is 11.3. The van der Waals surface area contributed by atoms with Crippen molar-refractivity contribution in [3.05, 3.63) is 0 Å². The number of hydrogen-bond donors (Lipinski definition) is 0. The molecule has 3 nitrogen and oxygen atoms in total. The lowest BCUT2D eigenvalue weighted by Gasteiger charge is -2.12. The van der Waals surface area contributed by atoms with E-state index in [-0.39, 0.29) is 4.75 Å². The number of carbonyl (C=O) groups excluding carboxylic acids is 1. The van der Waals surface area contributed by atoms with E-state index in [4.69, 9.17) is 0 Å². The average Bonchev–Trinajstić information content (AvgIpc) is 2.63. The zero-order chi connectivity index (χ0) is 12.0. The molecule has 0 radical (unpaired) electrons. The van der Waals surface area contributed by atoms with Gasteiger partial charge in [0.05, 0.1) is 0 Å². The molecule has 0 spiro atoms. The van der Waals surface area contributed by atoms with Crippen LogP contribution in [0.3, 0.4) is 0 Å². The molecule has 16 heavy (non-hydrogen) atoms. The Labute approximate surface area is 103 Å². The molecular weight excluding hydrogens is 220 g/mol. The van der Waals surface area contributed by atoms with E-state index in [2.05, 4.69) is 25.2 Å². The van der Waals surface area contributed by atoms with Gasteiger partial charge in [0.25, 0.3) is 0 Å². The predicted molar refractivity (Wildman–Crippen MR) is 70.8 cm³/mol. The van der Waals surface area contributed by atoms with Crippen LogP contribution < -0.4 is 0 Å². The number of rotatable bonds is 5. The van der Waals surface area contributed by atoms with Crippen LogP contribution in [0.15, 0.2) is 4.40 Å². The Bertz CT molecular complexity index is 248. The van der Waals surface area contributed by atoms with E-state index in [0.717, 1.165) is 38.8 Å². The first-order chi connectivity index (χ1) is 7.51. The van der Waals surface area contributed by atoms with E-state index < -0.39 is 0 Å². The lowest BCUT2D eigenvalue weighted by Crippen LogP contribution is -2.18. The highest BCUT2D eigenvalue weighted by molar-refractivity contribution is 7.99. The quantitative estimate of drug-likeness (QED) is 0.422. The van der Waals surface area contributed by atoms with Gasteiger partial charge in [-0.25, -0.2) is 4.40 Å². The second-order valence-electron chi connectivity index (χ2n) is 5.32. The maximum absolute atomic E-state index is 10.5. The number of nitrogens with zero attached hydrogens (tertiary/aromatic N) is 2. The molecular formula is C12H22N2OS. The number of hydrogen-bond acceptors (Lipinski definition) is 3. The van der Waals surface area contributed by atoms with Crippen LogP contribution in [0.1, 0.15) is 40.0 Å². The van der Waals surface area contributed by atoms with Gasteiger partial charge >= 0.3 is 0 Å². The van der Waals surface area contributed by atoms with Crippen molar-refractivity contribution in [2.24, 2.45) is 10.3 Å². The van der Waals surface area contributed by atoms with Crippen molar-refractivity contribution in [1.82, 2.24) is 4.90 Å². The molecule has 1 aliphatic heterocycles. The lowest BCUT2D eigenvalue weighted by molar-refractivity contribution is -0.117. The molecule has 0 aromatic rings. The molecule has 4 heteroatoms. The van der Waals surface area contributed by atoms with Gasteiger partial charge in [0.15, 0.2) is 0 Å². The van der Waals surface area contributed by atoms with Crippen molar-refractivity contribution >= 4 is 24.6 Å². The average molecular weight is 242 g/mol. The standard InChI is InChI=1S/C12H22N2OS/c1-12(2,3)16-13-7-4-5-11-6-8-14(9-11)10-15/h7,10-11H,4-6,8-9H2,1-3H3/b13-7+. The Kier molecular flexibility index (Phi) is 5.32. The summed E-state index contributed by atoms with van der Waals surface area (Å²) in [4.78, 5) is 12.4. The molecule has 1 amide bonds. The number of amides is 1. The third kappa shape index (κ3) is 5.54. The molecule has 1 heterocycles. The Hall–Kier alpha value is -0.510. The molecule has 0 aromatic carbocycles. The van der Waals surface area contributed by atoms with Crippen LogP contribution in [-0.4, -0.2) is 35.4 Å². The molecule has 1 aliphatic rings. The summed E-state index contributed by atoms with van der Waals surface area (Å²) in [6.45, 7) is 8.35. The van der Waals surface area contributed by atoms with Crippen LogP contribution in [0.5, 0.6) is 0 Å². The maximum atomic E-state index is 10.5. The van der Waals surface area contributed by atoms with E-state index in [0.29, 0.717) is 5.92 Å². The second kappa shape index (κ2) is 6.28. The summed E-state index contributed by atoms with van der Waals surface area (Å²) in [6, 6.07) is 0. The Morgan fingerprint density at radius 3 is 2.81 bits per heavy atom. The molecule has 1 atom stereocenters. The molecule has 0 aliphatic carbocycles. The fourth-order valence-corrected chi connectivity index (χ4v) is 2.25. The highest BCUT2D eigenvalue weighted by Gasteiger charge is 2.20. The van der Waals surface area contributed by atoms with Gasteiger partial charge in [0.2, 0.25) is 6.41 Å². The minimum atomic E-state index is 0.207. The smallest absolute Gasteiger partial charge is 0.209 e. The van der Waals surface area contributed by atoms with E-state index in [1.165, 1.54) is 0 Å². The molecule has 92 valence electrons. The minimum absolute atomic E-state index is 0.207. The molecule has 1 unspecified atom stereocenters. The summed E-state index contributed by atoms with van der Waals surface area (Å²) in [5, 5.41) is 0. The fraction of sp³-hybridized carbons (Fsp3) is 0.833. The van der Waals surface area contributed by atoms with Gasteiger partial charge < -0.3 is 4.90 Å². The van der Waals surface area contributed by atoms with Crippen molar-refractivity contribution in [2.45, 2.75) is 44.8 Å². The number of likely N-dealkylation sites (tertiary alicyclic amines) is 1. The van der Waals surface area contributed by atoms with Crippen LogP contribution in [-0.2, 0) is 4.79 Å². The zero-order valence-electron chi connectivity index (χ0n) is 10.5. The lowest BCUT2D eigenvalue weighted by atomic mass is 10.0. The summed E-state index contributed by atoms with van der Waals surface area (Å²) < 4.78 is 4.56. The van der Waals surface area contributed by atoms with Crippen LogP contribution in [0.25, 0.3) is 0 Å². The second-order valence-corrected chi connectivity index (χ2v) is 6.94. The molecule has 1 saturated heterocycles. The minimum Gasteiger partial charge on any atom is -0.345 e. The molecule has 0 N–H and O–H groups in total. The molecule has 0 saturated carbocycles. The van der Waals surface area contributed by atoms with Crippen LogP contribution in [0.4, 0.5) is 0 Å². The van der Waals surface area contributed by atoms with E-state index in [9.17, 15) is 4.79 Å². The van der Waals surface area contributed by atoms with Crippen molar-refractivity contribution in [1.29, 1.82) is 0 Å². The van der Waals surface area contributed by atoms with Crippen LogP contribution >= 0.6 is 11.9 Å². The third-order valence-corrected chi connectivity index (χ3v) is 3.37. The van der Waals surface area contributed by atoms with E-state index >= 15 is 0 Å². The van der Waals surface area contributed by atoms with Gasteiger partial charge in [0, 0.05) is 24.1 Å². The maximum Gasteiger partial charge on any atom is 0.209 e. The van der Waals surface area contributed by atoms with Gasteiger partial charge in [-0.3, -0.25) is 4.79 Å². The summed E-state index contributed by atoms with van der Waals surface area (Å²) in [6.07, 6.45) is 6.31. The van der Waals surface area contributed by atoms with Crippen molar-refractivity contribution < 1.29 is 4.79 Å². The first-order valence-electron chi connectivity index (χ1n) is 5.90. The van der Waals surface area contributed by atoms with Gasteiger partial charge in [-0.2, -0.15) is 0 Å². The summed E-state index contributed by atoms with van der Waals surface area (Å²) in [7, 11) is 0. The first-order valence-corrected chi connectivity index (χ1v) is 6.68. The van der Waals surface area contributed by atoms with Crippen LogP contribution in [0.2, 0.25) is 0 Å². The fourth-order valence-electron chi connectivity index (χ4n) is 1.75. The number of carbonyl (C=O) groups is 1. The summed E-state index contributed by atoms with van der Waals surface area (Å²) >= 11 is 1.62. The highest BCUT2D eigenvalue weighted by atomic mass is 32.2. The Morgan fingerprint density at radius 1 is 1.50 bits per heavy atom. The topological polar surface area (TPSA) is 32.7 Å². The summed E-state index contributed by atoms with van der Waals surface area (Å²) in [5.74, 6) is 0.677. The molecule has 0 bridgehead atoms. The first kappa shape index (κ1) is 13.6.